The number of benzene rings is 1. The van der Waals surface area contributed by atoms with Crippen molar-refractivity contribution < 1.29 is 18.0 Å². The number of nitrogens with zero attached hydrogens (tertiary/aromatic N) is 1. The molecule has 1 heterocycles. The van der Waals surface area contributed by atoms with E-state index in [1.165, 1.54) is 23.1 Å². The van der Waals surface area contributed by atoms with E-state index in [1.54, 1.807) is 0 Å². The van der Waals surface area contributed by atoms with Crippen molar-refractivity contribution in [1.82, 2.24) is 10.2 Å². The lowest BCUT2D eigenvalue weighted by Gasteiger charge is -2.34. The van der Waals surface area contributed by atoms with Crippen molar-refractivity contribution in [2.24, 2.45) is 0 Å². The fourth-order valence-electron chi connectivity index (χ4n) is 2.21. The number of amides is 1. The summed E-state index contributed by atoms with van der Waals surface area (Å²) in [7, 11) is 0. The van der Waals surface area contributed by atoms with Gasteiger partial charge in [-0.25, -0.2) is 0 Å². The number of carbonyl (C=O) groups excluding carboxylic acids is 1. The molecule has 1 fully saturated rings. The summed E-state index contributed by atoms with van der Waals surface area (Å²) in [6.07, 6.45) is -4.51. The Balaban J connectivity index is 2.33. The maximum Gasteiger partial charge on any atom is 0.417 e. The minimum absolute atomic E-state index is 0.109. The van der Waals surface area contributed by atoms with Crippen LogP contribution in [0.3, 0.4) is 0 Å². The van der Waals surface area contributed by atoms with Gasteiger partial charge in [0.1, 0.15) is 0 Å². The average molecular weight is 272 g/mol. The Labute approximate surface area is 109 Å². The van der Waals surface area contributed by atoms with E-state index in [0.29, 0.717) is 19.6 Å². The molecule has 0 unspecified atom stereocenters. The van der Waals surface area contributed by atoms with Gasteiger partial charge in [-0.2, -0.15) is 13.2 Å². The van der Waals surface area contributed by atoms with Crippen LogP contribution in [0.4, 0.5) is 13.2 Å². The van der Waals surface area contributed by atoms with Crippen molar-refractivity contribution in [1.29, 1.82) is 0 Å². The van der Waals surface area contributed by atoms with Gasteiger partial charge in [-0.05, 0) is 19.1 Å². The van der Waals surface area contributed by atoms with Crippen molar-refractivity contribution in [3.8, 4) is 0 Å². The number of nitrogens with one attached hydrogen (secondary N) is 1. The number of hydrogen-bond donors (Lipinski definition) is 1. The third kappa shape index (κ3) is 2.89. The van der Waals surface area contributed by atoms with Gasteiger partial charge in [0.25, 0.3) is 5.91 Å². The van der Waals surface area contributed by atoms with Crippen molar-refractivity contribution in [2.45, 2.75) is 19.1 Å². The van der Waals surface area contributed by atoms with Gasteiger partial charge in [-0.3, -0.25) is 4.79 Å². The minimum Gasteiger partial charge on any atom is -0.333 e. The van der Waals surface area contributed by atoms with Crippen LogP contribution in [0.1, 0.15) is 22.8 Å². The second-order valence-electron chi connectivity index (χ2n) is 4.60. The van der Waals surface area contributed by atoms with Crippen LogP contribution in [0.5, 0.6) is 0 Å². The number of carbonyl (C=O) groups is 1. The van der Waals surface area contributed by atoms with E-state index in [-0.39, 0.29) is 11.6 Å². The zero-order chi connectivity index (χ0) is 14.0. The summed E-state index contributed by atoms with van der Waals surface area (Å²) in [4.78, 5) is 13.8. The summed E-state index contributed by atoms with van der Waals surface area (Å²) in [6, 6.07) is 4.82. The molecule has 0 aromatic heterocycles. The van der Waals surface area contributed by atoms with Gasteiger partial charge in [0.05, 0.1) is 11.1 Å². The monoisotopic (exact) mass is 272 g/mol. The molecule has 0 bridgehead atoms. The molecule has 2 rings (SSSR count). The molecule has 0 aliphatic carbocycles. The average Bonchev–Trinajstić information content (AvgIpc) is 2.37. The lowest BCUT2D eigenvalue weighted by atomic mass is 10.0. The Morgan fingerprint density at radius 2 is 2.05 bits per heavy atom. The molecule has 1 saturated heterocycles. The Morgan fingerprint density at radius 1 is 1.37 bits per heavy atom. The smallest absolute Gasteiger partial charge is 0.333 e. The molecule has 1 atom stereocenters. The summed E-state index contributed by atoms with van der Waals surface area (Å²) in [6.45, 7) is 3.44. The van der Waals surface area contributed by atoms with Gasteiger partial charge in [0.15, 0.2) is 0 Å². The van der Waals surface area contributed by atoms with Crippen LogP contribution in [0.2, 0.25) is 0 Å². The van der Waals surface area contributed by atoms with E-state index >= 15 is 0 Å². The number of rotatable bonds is 1. The highest BCUT2D eigenvalue weighted by Gasteiger charge is 2.36. The Kier molecular flexibility index (Phi) is 3.80. The highest BCUT2D eigenvalue weighted by molar-refractivity contribution is 5.96. The van der Waals surface area contributed by atoms with Crippen LogP contribution in [0, 0.1) is 0 Å². The van der Waals surface area contributed by atoms with E-state index in [2.05, 4.69) is 5.32 Å². The molecular weight excluding hydrogens is 257 g/mol. The maximum absolute atomic E-state index is 12.9. The van der Waals surface area contributed by atoms with Crippen LogP contribution in [-0.2, 0) is 6.18 Å². The van der Waals surface area contributed by atoms with E-state index in [4.69, 9.17) is 0 Å². The Morgan fingerprint density at radius 3 is 2.68 bits per heavy atom. The van der Waals surface area contributed by atoms with Crippen molar-refractivity contribution >= 4 is 5.91 Å². The lowest BCUT2D eigenvalue weighted by molar-refractivity contribution is -0.138. The minimum atomic E-state index is -4.51. The molecule has 1 N–H and O–H groups in total. The first kappa shape index (κ1) is 13.9. The first-order chi connectivity index (χ1) is 8.91. The number of hydrogen-bond acceptors (Lipinski definition) is 2. The molecular formula is C13H15F3N2O. The van der Waals surface area contributed by atoms with Crippen molar-refractivity contribution in [3.05, 3.63) is 35.4 Å². The summed E-state index contributed by atoms with van der Waals surface area (Å²) in [5.41, 5.74) is -1.14. The van der Waals surface area contributed by atoms with Crippen LogP contribution >= 0.6 is 0 Å². The molecule has 19 heavy (non-hydrogen) atoms. The van der Waals surface area contributed by atoms with Gasteiger partial charge in [0.2, 0.25) is 0 Å². The first-order valence-electron chi connectivity index (χ1n) is 6.09. The van der Waals surface area contributed by atoms with E-state index in [9.17, 15) is 18.0 Å². The summed E-state index contributed by atoms with van der Waals surface area (Å²) in [5, 5.41) is 3.10. The van der Waals surface area contributed by atoms with Crippen LogP contribution < -0.4 is 5.32 Å². The molecule has 1 amide bonds. The molecule has 1 aromatic carbocycles. The van der Waals surface area contributed by atoms with E-state index in [1.807, 2.05) is 6.92 Å². The van der Waals surface area contributed by atoms with E-state index < -0.39 is 17.6 Å². The first-order valence-corrected chi connectivity index (χ1v) is 6.09. The normalized spacial score (nSPS) is 20.4. The lowest BCUT2D eigenvalue weighted by Crippen LogP contribution is -2.52. The predicted molar refractivity (Wildman–Crippen MR) is 64.8 cm³/mol. The van der Waals surface area contributed by atoms with Crippen molar-refractivity contribution in [2.75, 3.05) is 19.6 Å². The molecule has 0 radical (unpaired) electrons. The van der Waals surface area contributed by atoms with Gasteiger partial charge in [-0.1, -0.05) is 12.1 Å². The quantitative estimate of drug-likeness (QED) is 0.849. The molecule has 1 aromatic rings. The fraction of sp³-hybridized carbons (Fsp3) is 0.462. The molecule has 3 nitrogen and oxygen atoms in total. The molecule has 1 aliphatic heterocycles. The van der Waals surface area contributed by atoms with Gasteiger partial charge < -0.3 is 10.2 Å². The van der Waals surface area contributed by atoms with Gasteiger partial charge >= 0.3 is 6.18 Å². The topological polar surface area (TPSA) is 32.3 Å². The standard InChI is InChI=1S/C13H15F3N2O/c1-9-8-17-6-7-18(9)12(19)10-4-2-3-5-11(10)13(14,15)16/h2-5,9,17H,6-8H2,1H3/t9-/m1/s1. The molecule has 1 aliphatic rings. The molecule has 104 valence electrons. The second kappa shape index (κ2) is 5.21. The number of piperazine rings is 1. The second-order valence-corrected chi connectivity index (χ2v) is 4.60. The zero-order valence-electron chi connectivity index (χ0n) is 10.5. The Bertz CT molecular complexity index is 473. The fourth-order valence-corrected chi connectivity index (χ4v) is 2.21. The highest BCUT2D eigenvalue weighted by Crippen LogP contribution is 2.32. The molecule has 6 heteroatoms. The molecule has 0 saturated carbocycles. The maximum atomic E-state index is 12.9. The van der Waals surface area contributed by atoms with E-state index in [0.717, 1.165) is 6.07 Å². The molecule has 0 spiro atoms. The summed E-state index contributed by atoms with van der Waals surface area (Å²) in [5.74, 6) is -0.554. The largest absolute Gasteiger partial charge is 0.417 e. The van der Waals surface area contributed by atoms with Crippen LogP contribution in [0.25, 0.3) is 0 Å². The SMILES string of the molecule is C[C@@H]1CNCCN1C(=O)c1ccccc1C(F)(F)F. The van der Waals surface area contributed by atoms with Crippen molar-refractivity contribution in [3.63, 3.8) is 0 Å². The summed E-state index contributed by atoms with van der Waals surface area (Å²) >= 11 is 0. The summed E-state index contributed by atoms with van der Waals surface area (Å²) < 4.78 is 38.7. The highest BCUT2D eigenvalue weighted by atomic mass is 19.4. The van der Waals surface area contributed by atoms with Crippen LogP contribution in [-0.4, -0.2) is 36.5 Å². The van der Waals surface area contributed by atoms with Gasteiger partial charge in [0, 0.05) is 25.7 Å². The number of alkyl halides is 3. The third-order valence-corrected chi connectivity index (χ3v) is 3.23. The Hall–Kier alpha value is -1.56. The van der Waals surface area contributed by atoms with Gasteiger partial charge in [-0.15, -0.1) is 0 Å². The zero-order valence-corrected chi connectivity index (χ0v) is 10.5. The van der Waals surface area contributed by atoms with Crippen LogP contribution in [0.15, 0.2) is 24.3 Å². The third-order valence-electron chi connectivity index (χ3n) is 3.23. The number of halogens is 3. The predicted octanol–water partition coefficient (Wildman–Crippen LogP) is 2.14.